The summed E-state index contributed by atoms with van der Waals surface area (Å²) in [6.07, 6.45) is 2.00. The Morgan fingerprint density at radius 3 is 2.33 bits per heavy atom. The third-order valence-corrected chi connectivity index (χ3v) is 4.03. The van der Waals surface area contributed by atoms with E-state index in [2.05, 4.69) is 26.3 Å². The van der Waals surface area contributed by atoms with Crippen molar-refractivity contribution in [1.29, 1.82) is 0 Å². The molecule has 1 aromatic rings. The van der Waals surface area contributed by atoms with Gasteiger partial charge in [0, 0.05) is 42.7 Å². The first-order valence-electron chi connectivity index (χ1n) is 8.93. The average Bonchev–Trinajstić information content (AvgIpc) is 3.47. The molecule has 9 heteroatoms. The van der Waals surface area contributed by atoms with Crippen LogP contribution in [-0.2, 0) is 4.79 Å². The maximum Gasteiger partial charge on any atom is 0.251 e. The fourth-order valence-electron chi connectivity index (χ4n) is 2.24. The topological polar surface area (TPSA) is 94.6 Å². The Bertz CT molecular complexity index is 635. The Balaban J connectivity index is 0.00000364. The first-order chi connectivity index (χ1) is 12.6. The van der Waals surface area contributed by atoms with Gasteiger partial charge in [-0.3, -0.25) is 14.6 Å². The van der Waals surface area contributed by atoms with Crippen molar-refractivity contribution in [3.63, 3.8) is 0 Å². The molecule has 0 aliphatic heterocycles. The lowest BCUT2D eigenvalue weighted by molar-refractivity contribution is -0.122. The molecule has 1 aromatic carbocycles. The predicted molar refractivity (Wildman–Crippen MR) is 119 cm³/mol. The second kappa shape index (κ2) is 12.8. The SMILES string of the molecule is CCNC(=NCCNC(=O)C1CC1)NCCNC(=O)c1ccc(Cl)cc1.I. The molecule has 1 aliphatic carbocycles. The van der Waals surface area contributed by atoms with Crippen LogP contribution in [0.5, 0.6) is 0 Å². The van der Waals surface area contributed by atoms with E-state index in [-0.39, 0.29) is 41.7 Å². The zero-order chi connectivity index (χ0) is 18.8. The molecule has 27 heavy (non-hydrogen) atoms. The maximum absolute atomic E-state index is 12.0. The van der Waals surface area contributed by atoms with Crippen LogP contribution in [0.1, 0.15) is 30.1 Å². The second-order valence-electron chi connectivity index (χ2n) is 6.02. The summed E-state index contributed by atoms with van der Waals surface area (Å²) in [5.41, 5.74) is 0.571. The van der Waals surface area contributed by atoms with Crippen LogP contribution in [-0.4, -0.2) is 50.5 Å². The van der Waals surface area contributed by atoms with Crippen LogP contribution in [0.2, 0.25) is 5.02 Å². The fourth-order valence-corrected chi connectivity index (χ4v) is 2.36. The van der Waals surface area contributed by atoms with Gasteiger partial charge in [0.05, 0.1) is 6.54 Å². The highest BCUT2D eigenvalue weighted by Gasteiger charge is 2.28. The van der Waals surface area contributed by atoms with E-state index in [1.165, 1.54) is 0 Å². The number of halogens is 2. The maximum atomic E-state index is 12.0. The number of nitrogens with one attached hydrogen (secondary N) is 4. The number of amides is 2. The summed E-state index contributed by atoms with van der Waals surface area (Å²) in [6, 6.07) is 6.75. The molecule has 150 valence electrons. The molecule has 2 rings (SSSR count). The number of guanidine groups is 1. The number of carbonyl (C=O) groups is 2. The third kappa shape index (κ3) is 9.28. The van der Waals surface area contributed by atoms with Crippen LogP contribution >= 0.6 is 35.6 Å². The van der Waals surface area contributed by atoms with Crippen molar-refractivity contribution in [2.45, 2.75) is 19.8 Å². The van der Waals surface area contributed by atoms with Crippen molar-refractivity contribution < 1.29 is 9.59 Å². The van der Waals surface area contributed by atoms with Crippen LogP contribution in [0, 0.1) is 5.92 Å². The van der Waals surface area contributed by atoms with Gasteiger partial charge in [-0.25, -0.2) is 0 Å². The molecule has 0 saturated heterocycles. The highest BCUT2D eigenvalue weighted by molar-refractivity contribution is 14.0. The zero-order valence-electron chi connectivity index (χ0n) is 15.4. The number of aliphatic imine (C=N–C) groups is 1. The van der Waals surface area contributed by atoms with Crippen LogP contribution in [0.15, 0.2) is 29.3 Å². The number of hydrogen-bond acceptors (Lipinski definition) is 3. The van der Waals surface area contributed by atoms with Crippen LogP contribution in [0.25, 0.3) is 0 Å². The second-order valence-corrected chi connectivity index (χ2v) is 6.45. The van der Waals surface area contributed by atoms with Crippen molar-refractivity contribution in [2.24, 2.45) is 10.9 Å². The Kier molecular flexibility index (Phi) is 11.1. The molecule has 1 saturated carbocycles. The Morgan fingerprint density at radius 1 is 1.04 bits per heavy atom. The van der Waals surface area contributed by atoms with E-state index in [4.69, 9.17) is 11.6 Å². The van der Waals surface area contributed by atoms with Crippen molar-refractivity contribution in [3.05, 3.63) is 34.9 Å². The summed E-state index contributed by atoms with van der Waals surface area (Å²) >= 11 is 5.81. The number of benzene rings is 1. The third-order valence-electron chi connectivity index (χ3n) is 3.78. The smallest absolute Gasteiger partial charge is 0.251 e. The van der Waals surface area contributed by atoms with Gasteiger partial charge < -0.3 is 21.3 Å². The lowest BCUT2D eigenvalue weighted by Gasteiger charge is -2.12. The monoisotopic (exact) mass is 507 g/mol. The molecule has 0 spiro atoms. The molecule has 0 heterocycles. The van der Waals surface area contributed by atoms with Gasteiger partial charge in [0.1, 0.15) is 0 Å². The molecule has 0 radical (unpaired) electrons. The van der Waals surface area contributed by atoms with E-state index >= 15 is 0 Å². The van der Waals surface area contributed by atoms with Crippen LogP contribution in [0.3, 0.4) is 0 Å². The van der Waals surface area contributed by atoms with Crippen molar-refractivity contribution in [1.82, 2.24) is 21.3 Å². The van der Waals surface area contributed by atoms with E-state index in [0.29, 0.717) is 42.7 Å². The first-order valence-corrected chi connectivity index (χ1v) is 9.31. The molecule has 0 bridgehead atoms. The molecular weight excluding hydrogens is 481 g/mol. The van der Waals surface area contributed by atoms with Gasteiger partial charge in [-0.1, -0.05) is 11.6 Å². The number of carbonyl (C=O) groups excluding carboxylic acids is 2. The lowest BCUT2D eigenvalue weighted by atomic mass is 10.2. The molecule has 1 aliphatic rings. The van der Waals surface area contributed by atoms with E-state index in [1.54, 1.807) is 24.3 Å². The molecule has 2 amide bonds. The minimum absolute atomic E-state index is 0. The van der Waals surface area contributed by atoms with Gasteiger partial charge >= 0.3 is 0 Å². The summed E-state index contributed by atoms with van der Waals surface area (Å²) in [5.74, 6) is 0.861. The summed E-state index contributed by atoms with van der Waals surface area (Å²) in [7, 11) is 0. The normalized spacial score (nSPS) is 13.3. The number of rotatable bonds is 9. The summed E-state index contributed by atoms with van der Waals surface area (Å²) in [6.45, 7) is 4.75. The van der Waals surface area contributed by atoms with Gasteiger partial charge in [-0.15, -0.1) is 24.0 Å². The number of nitrogens with zero attached hydrogens (tertiary/aromatic N) is 1. The Labute approximate surface area is 182 Å². The van der Waals surface area contributed by atoms with Gasteiger partial charge in [0.2, 0.25) is 5.91 Å². The molecular formula is C18H27ClIN5O2. The molecule has 1 fully saturated rings. The van der Waals surface area contributed by atoms with E-state index in [0.717, 1.165) is 19.4 Å². The zero-order valence-corrected chi connectivity index (χ0v) is 18.5. The van der Waals surface area contributed by atoms with Crippen molar-refractivity contribution >= 4 is 53.4 Å². The van der Waals surface area contributed by atoms with E-state index < -0.39 is 0 Å². The highest BCUT2D eigenvalue weighted by atomic mass is 127. The number of hydrogen-bond donors (Lipinski definition) is 4. The summed E-state index contributed by atoms with van der Waals surface area (Å²) < 4.78 is 0. The summed E-state index contributed by atoms with van der Waals surface area (Å²) in [5, 5.41) is 12.6. The van der Waals surface area contributed by atoms with E-state index in [9.17, 15) is 9.59 Å². The largest absolute Gasteiger partial charge is 0.357 e. The standard InChI is InChI=1S/C18H26ClN5O2.HI/c1-2-20-18(23-11-9-21-16(25)13-3-4-13)24-12-10-22-17(26)14-5-7-15(19)8-6-14;/h5-8,13H,2-4,9-12H2,1H3,(H,21,25)(H,22,26)(H2,20,23,24);1H. The van der Waals surface area contributed by atoms with Gasteiger partial charge in [0.25, 0.3) is 5.91 Å². The van der Waals surface area contributed by atoms with Crippen LogP contribution < -0.4 is 21.3 Å². The molecule has 0 aromatic heterocycles. The molecule has 0 atom stereocenters. The average molecular weight is 508 g/mol. The van der Waals surface area contributed by atoms with Crippen LogP contribution in [0.4, 0.5) is 0 Å². The lowest BCUT2D eigenvalue weighted by Crippen LogP contribution is -2.42. The minimum atomic E-state index is -0.145. The van der Waals surface area contributed by atoms with Gasteiger partial charge in [-0.2, -0.15) is 0 Å². The Hall–Kier alpha value is -1.55. The Morgan fingerprint density at radius 2 is 1.70 bits per heavy atom. The van der Waals surface area contributed by atoms with Crippen molar-refractivity contribution in [2.75, 3.05) is 32.7 Å². The predicted octanol–water partition coefficient (Wildman–Crippen LogP) is 1.77. The minimum Gasteiger partial charge on any atom is -0.357 e. The molecule has 7 nitrogen and oxygen atoms in total. The molecule has 0 unspecified atom stereocenters. The fraction of sp³-hybridized carbons (Fsp3) is 0.500. The quantitative estimate of drug-likeness (QED) is 0.177. The summed E-state index contributed by atoms with van der Waals surface area (Å²) in [4.78, 5) is 27.9. The van der Waals surface area contributed by atoms with Crippen molar-refractivity contribution in [3.8, 4) is 0 Å². The van der Waals surface area contributed by atoms with E-state index in [1.807, 2.05) is 6.92 Å². The van der Waals surface area contributed by atoms with Gasteiger partial charge in [-0.05, 0) is 44.0 Å². The first kappa shape index (κ1) is 23.5. The van der Waals surface area contributed by atoms with Gasteiger partial charge in [0.15, 0.2) is 5.96 Å². The molecule has 4 N–H and O–H groups in total. The highest BCUT2D eigenvalue weighted by Crippen LogP contribution is 2.28.